The van der Waals surface area contributed by atoms with Gasteiger partial charge in [-0.2, -0.15) is 0 Å². The fraction of sp³-hybridized carbons (Fsp3) is 0.0714. The second-order valence-electron chi connectivity index (χ2n) is 3.93. The normalized spacial score (nSPS) is 10.0. The van der Waals surface area contributed by atoms with Crippen LogP contribution in [0.15, 0.2) is 42.5 Å². The monoisotopic (exact) mass is 260 g/mol. The number of benzene rings is 2. The molecule has 0 aliphatic heterocycles. The van der Waals surface area contributed by atoms with Gasteiger partial charge in [0.05, 0.1) is 12.8 Å². The van der Waals surface area contributed by atoms with E-state index in [1.165, 1.54) is 25.3 Å². The van der Waals surface area contributed by atoms with Crippen molar-refractivity contribution in [2.75, 3.05) is 18.2 Å². The minimum absolute atomic E-state index is 0.0489. The van der Waals surface area contributed by atoms with E-state index in [1.54, 1.807) is 24.3 Å². The van der Waals surface area contributed by atoms with E-state index >= 15 is 0 Å². The number of nitrogens with two attached hydrogens (primary N) is 1. The molecule has 1 amide bonds. The fourth-order valence-electron chi connectivity index (χ4n) is 1.60. The van der Waals surface area contributed by atoms with Gasteiger partial charge in [0.15, 0.2) is 0 Å². The molecule has 3 N–H and O–H groups in total. The van der Waals surface area contributed by atoms with Gasteiger partial charge in [0.2, 0.25) is 0 Å². The van der Waals surface area contributed by atoms with Crippen LogP contribution < -0.4 is 15.8 Å². The molecule has 4 nitrogen and oxygen atoms in total. The molecule has 0 aromatic heterocycles. The molecular weight excluding hydrogens is 247 g/mol. The molecule has 2 aromatic rings. The lowest BCUT2D eigenvalue weighted by molar-refractivity contribution is 0.102. The summed E-state index contributed by atoms with van der Waals surface area (Å²) in [6, 6.07) is 10.6. The number of anilines is 2. The molecule has 0 spiro atoms. The van der Waals surface area contributed by atoms with Crippen molar-refractivity contribution in [3.05, 3.63) is 53.8 Å². The fourth-order valence-corrected chi connectivity index (χ4v) is 1.60. The Morgan fingerprint density at radius 1 is 1.26 bits per heavy atom. The molecule has 5 heteroatoms. The summed E-state index contributed by atoms with van der Waals surface area (Å²) in [5.41, 5.74) is 6.35. The Bertz CT molecular complexity index is 614. The Kier molecular flexibility index (Phi) is 3.66. The number of hydrogen-bond acceptors (Lipinski definition) is 3. The summed E-state index contributed by atoms with van der Waals surface area (Å²) < 4.78 is 18.5. The molecule has 0 unspecified atom stereocenters. The number of methoxy groups -OCH3 is 1. The van der Waals surface area contributed by atoms with Gasteiger partial charge in [-0.15, -0.1) is 0 Å². The average Bonchev–Trinajstić information content (AvgIpc) is 2.43. The molecule has 0 saturated heterocycles. The first-order valence-electron chi connectivity index (χ1n) is 5.60. The summed E-state index contributed by atoms with van der Waals surface area (Å²) in [6.07, 6.45) is 0. The first kappa shape index (κ1) is 12.9. The van der Waals surface area contributed by atoms with Crippen LogP contribution in [0, 0.1) is 5.82 Å². The largest absolute Gasteiger partial charge is 0.497 e. The minimum atomic E-state index is -0.537. The summed E-state index contributed by atoms with van der Waals surface area (Å²) >= 11 is 0. The van der Waals surface area contributed by atoms with Gasteiger partial charge in [-0.3, -0.25) is 4.79 Å². The van der Waals surface area contributed by atoms with Crippen molar-refractivity contribution in [1.82, 2.24) is 0 Å². The summed E-state index contributed by atoms with van der Waals surface area (Å²) in [5.74, 6) is -0.408. The molecule has 0 bridgehead atoms. The Morgan fingerprint density at radius 3 is 2.79 bits per heavy atom. The number of rotatable bonds is 3. The van der Waals surface area contributed by atoms with Crippen molar-refractivity contribution >= 4 is 17.3 Å². The van der Waals surface area contributed by atoms with E-state index in [2.05, 4.69) is 5.32 Å². The number of nitrogen functional groups attached to an aromatic ring is 1. The van der Waals surface area contributed by atoms with Crippen molar-refractivity contribution in [1.29, 1.82) is 0 Å². The van der Waals surface area contributed by atoms with Gasteiger partial charge in [0, 0.05) is 11.3 Å². The van der Waals surface area contributed by atoms with E-state index in [-0.39, 0.29) is 5.69 Å². The summed E-state index contributed by atoms with van der Waals surface area (Å²) in [5, 5.41) is 2.47. The summed E-state index contributed by atoms with van der Waals surface area (Å²) in [7, 11) is 1.51. The van der Waals surface area contributed by atoms with Crippen LogP contribution in [0.2, 0.25) is 0 Å². The molecule has 0 radical (unpaired) electrons. The molecule has 0 aliphatic carbocycles. The molecule has 0 fully saturated rings. The quantitative estimate of drug-likeness (QED) is 0.834. The molecule has 0 aliphatic rings. The zero-order valence-corrected chi connectivity index (χ0v) is 10.3. The number of amides is 1. The number of carbonyl (C=O) groups is 1. The Morgan fingerprint density at radius 2 is 2.05 bits per heavy atom. The predicted molar refractivity (Wildman–Crippen MR) is 71.8 cm³/mol. The molecule has 19 heavy (non-hydrogen) atoms. The van der Waals surface area contributed by atoms with Crippen molar-refractivity contribution < 1.29 is 13.9 Å². The van der Waals surface area contributed by atoms with Gasteiger partial charge in [-0.25, -0.2) is 4.39 Å². The van der Waals surface area contributed by atoms with E-state index < -0.39 is 11.7 Å². The third-order valence-electron chi connectivity index (χ3n) is 2.57. The number of carbonyl (C=O) groups excluding carboxylic acids is 1. The third kappa shape index (κ3) is 3.01. The van der Waals surface area contributed by atoms with Crippen LogP contribution in [0.4, 0.5) is 15.8 Å². The minimum Gasteiger partial charge on any atom is -0.497 e. The maximum Gasteiger partial charge on any atom is 0.255 e. The molecule has 2 aromatic carbocycles. The van der Waals surface area contributed by atoms with Crippen LogP contribution in [-0.4, -0.2) is 13.0 Å². The van der Waals surface area contributed by atoms with Crippen molar-refractivity contribution in [3.8, 4) is 5.75 Å². The summed E-state index contributed by atoms with van der Waals surface area (Å²) in [6.45, 7) is 0. The van der Waals surface area contributed by atoms with E-state index in [1.807, 2.05) is 0 Å². The second kappa shape index (κ2) is 5.39. The Labute approximate surface area is 110 Å². The number of halogens is 1. The Hall–Kier alpha value is -2.56. The highest BCUT2D eigenvalue weighted by atomic mass is 19.1. The maximum absolute atomic E-state index is 13.5. The molecule has 0 heterocycles. The third-order valence-corrected chi connectivity index (χ3v) is 2.57. The highest BCUT2D eigenvalue weighted by molar-refractivity contribution is 6.04. The molecule has 0 saturated carbocycles. The molecule has 0 atom stereocenters. The van der Waals surface area contributed by atoms with Gasteiger partial charge in [0.25, 0.3) is 5.91 Å². The van der Waals surface area contributed by atoms with E-state index in [0.717, 1.165) is 0 Å². The highest BCUT2D eigenvalue weighted by Crippen LogP contribution is 2.19. The lowest BCUT2D eigenvalue weighted by Crippen LogP contribution is -2.13. The second-order valence-corrected chi connectivity index (χ2v) is 3.93. The zero-order chi connectivity index (χ0) is 13.8. The number of ether oxygens (including phenoxy) is 1. The van der Waals surface area contributed by atoms with Crippen LogP contribution >= 0.6 is 0 Å². The van der Waals surface area contributed by atoms with Gasteiger partial charge < -0.3 is 15.8 Å². The average molecular weight is 260 g/mol. The van der Waals surface area contributed by atoms with Crippen LogP contribution in [0.3, 0.4) is 0 Å². The van der Waals surface area contributed by atoms with Crippen LogP contribution in [0.25, 0.3) is 0 Å². The SMILES string of the molecule is COc1cccc(C(=O)Nc2cc(N)ccc2F)c1. The van der Waals surface area contributed by atoms with Crippen molar-refractivity contribution in [3.63, 3.8) is 0 Å². The smallest absolute Gasteiger partial charge is 0.255 e. The number of nitrogens with one attached hydrogen (secondary N) is 1. The standard InChI is InChI=1S/C14H13FN2O2/c1-19-11-4-2-3-9(7-11)14(18)17-13-8-10(16)5-6-12(13)15/h2-8H,16H2,1H3,(H,17,18). The van der Waals surface area contributed by atoms with Crippen molar-refractivity contribution in [2.24, 2.45) is 0 Å². The molecule has 98 valence electrons. The van der Waals surface area contributed by atoms with Crippen molar-refractivity contribution in [2.45, 2.75) is 0 Å². The first-order valence-corrected chi connectivity index (χ1v) is 5.60. The first-order chi connectivity index (χ1) is 9.10. The van der Waals surface area contributed by atoms with Crippen LogP contribution in [0.5, 0.6) is 5.75 Å². The molecule has 2 rings (SSSR count). The van der Waals surface area contributed by atoms with E-state index in [0.29, 0.717) is 17.0 Å². The Balaban J connectivity index is 2.22. The highest BCUT2D eigenvalue weighted by Gasteiger charge is 2.10. The van der Waals surface area contributed by atoms with Gasteiger partial charge >= 0.3 is 0 Å². The summed E-state index contributed by atoms with van der Waals surface area (Å²) in [4.78, 5) is 12.0. The van der Waals surface area contributed by atoms with Crippen LogP contribution in [0.1, 0.15) is 10.4 Å². The van der Waals surface area contributed by atoms with E-state index in [9.17, 15) is 9.18 Å². The van der Waals surface area contributed by atoms with Gasteiger partial charge in [-0.1, -0.05) is 6.07 Å². The lowest BCUT2D eigenvalue weighted by Gasteiger charge is -2.08. The van der Waals surface area contributed by atoms with Gasteiger partial charge in [-0.05, 0) is 36.4 Å². The maximum atomic E-state index is 13.5. The predicted octanol–water partition coefficient (Wildman–Crippen LogP) is 2.67. The van der Waals surface area contributed by atoms with Crippen LogP contribution in [-0.2, 0) is 0 Å². The lowest BCUT2D eigenvalue weighted by atomic mass is 10.2. The van der Waals surface area contributed by atoms with E-state index in [4.69, 9.17) is 10.5 Å². The topological polar surface area (TPSA) is 64.3 Å². The van der Waals surface area contributed by atoms with Gasteiger partial charge in [0.1, 0.15) is 11.6 Å². The number of hydrogen-bond donors (Lipinski definition) is 2. The molecular formula is C14H13FN2O2. The zero-order valence-electron chi connectivity index (χ0n) is 10.3.